The highest BCUT2D eigenvalue weighted by Crippen LogP contribution is 2.69. The molecule has 11 unspecified atom stereocenters. The molecule has 2 N–H and O–H groups in total. The number of hydrogen-bond acceptors (Lipinski definition) is 8. The molecule has 0 aromatic heterocycles. The number of aliphatic hydroxyl groups is 2. The van der Waals surface area contributed by atoms with Crippen molar-refractivity contribution in [1.29, 1.82) is 0 Å². The van der Waals surface area contributed by atoms with E-state index in [1.54, 1.807) is 0 Å². The van der Waals surface area contributed by atoms with E-state index < -0.39 is 17.7 Å². The van der Waals surface area contributed by atoms with Crippen molar-refractivity contribution in [2.75, 3.05) is 6.61 Å². The second-order valence-corrected chi connectivity index (χ2v) is 17.8. The molecular formula is C37H57NO7. The summed E-state index contributed by atoms with van der Waals surface area (Å²) in [6.45, 7) is 8.54. The van der Waals surface area contributed by atoms with E-state index in [0.29, 0.717) is 24.7 Å². The molecule has 4 bridgehead atoms. The number of rotatable bonds is 8. The van der Waals surface area contributed by atoms with Gasteiger partial charge in [0.15, 0.2) is 6.61 Å². The summed E-state index contributed by atoms with van der Waals surface area (Å²) in [5.41, 5.74) is -0.731. The van der Waals surface area contributed by atoms with E-state index in [1.165, 1.54) is 6.42 Å². The van der Waals surface area contributed by atoms with Crippen molar-refractivity contribution in [3.05, 3.63) is 4.91 Å². The summed E-state index contributed by atoms with van der Waals surface area (Å²) in [6.07, 6.45) is 11.9. The molecule has 252 valence electrons. The van der Waals surface area contributed by atoms with Crippen molar-refractivity contribution in [1.82, 2.24) is 0 Å². The zero-order chi connectivity index (χ0) is 31.9. The number of fused-ring (bicyclic) bond motifs is 5. The fourth-order valence-corrected chi connectivity index (χ4v) is 13.6. The van der Waals surface area contributed by atoms with Gasteiger partial charge in [-0.3, -0.25) is 4.79 Å². The average Bonchev–Trinajstić information content (AvgIpc) is 3.36. The molecule has 0 spiro atoms. The number of hydrogen-bond donors (Lipinski definition) is 2. The number of nitrogens with zero attached hydrogens (tertiary/aromatic N) is 1. The monoisotopic (exact) mass is 627 g/mol. The molecule has 11 atom stereocenters. The van der Waals surface area contributed by atoms with Gasteiger partial charge in [0.2, 0.25) is 0 Å². The van der Waals surface area contributed by atoms with Gasteiger partial charge in [0.25, 0.3) is 0 Å². The van der Waals surface area contributed by atoms with Gasteiger partial charge in [-0.05, 0) is 160 Å². The maximum Gasteiger partial charge on any atom is 0.344 e. The predicted octanol–water partition coefficient (Wildman–Crippen LogP) is 6.44. The summed E-state index contributed by atoms with van der Waals surface area (Å²) in [4.78, 5) is 38.0. The molecule has 8 rings (SSSR count). The zero-order valence-electron chi connectivity index (χ0n) is 28.0. The third-order valence-corrected chi connectivity index (χ3v) is 15.9. The summed E-state index contributed by atoms with van der Waals surface area (Å²) in [5.74, 6) is 2.99. The van der Waals surface area contributed by atoms with Gasteiger partial charge in [-0.25, -0.2) is 4.79 Å². The van der Waals surface area contributed by atoms with E-state index in [2.05, 4.69) is 32.9 Å². The van der Waals surface area contributed by atoms with Crippen LogP contribution in [-0.4, -0.2) is 52.6 Å². The van der Waals surface area contributed by atoms with E-state index in [9.17, 15) is 24.7 Å². The molecule has 0 aromatic carbocycles. The minimum atomic E-state index is -0.471. The molecule has 0 aliphatic heterocycles. The van der Waals surface area contributed by atoms with Gasteiger partial charge in [-0.1, -0.05) is 25.9 Å². The first-order valence-electron chi connectivity index (χ1n) is 18.4. The molecular weight excluding hydrogens is 570 g/mol. The standard InChI is InChI=1S/C37H57NO7/c1-20(5-8-32(41)44-19-33(42)45-37(4)24-12-21-11-22(14-24)15-25(37)13-21)27-6-7-28-34-29(18-31(40)36(27,28)3)35(2)10-9-26(39)16-23(35)17-30(34)38-43/h20-31,34,39-40H,5-19H2,1-4H3. The molecule has 8 aliphatic carbocycles. The topological polar surface area (TPSA) is 122 Å². The highest BCUT2D eigenvalue weighted by molar-refractivity contribution is 5.76. The van der Waals surface area contributed by atoms with Gasteiger partial charge < -0.3 is 19.7 Å². The fraction of sp³-hybridized carbons (Fsp3) is 0.946. The Morgan fingerprint density at radius 1 is 0.844 bits per heavy atom. The molecule has 8 nitrogen and oxygen atoms in total. The van der Waals surface area contributed by atoms with Crippen LogP contribution in [0.2, 0.25) is 0 Å². The third kappa shape index (κ3) is 5.12. The molecule has 0 saturated heterocycles. The normalized spacial score (nSPS) is 51.9. The number of nitroso groups, excluding NO2 is 1. The highest BCUT2D eigenvalue weighted by atomic mass is 16.6. The Morgan fingerprint density at radius 3 is 2.20 bits per heavy atom. The van der Waals surface area contributed by atoms with Crippen molar-refractivity contribution in [2.45, 2.75) is 141 Å². The van der Waals surface area contributed by atoms with Crippen LogP contribution in [0.1, 0.15) is 118 Å². The van der Waals surface area contributed by atoms with Gasteiger partial charge in [0, 0.05) is 6.42 Å². The second kappa shape index (κ2) is 11.6. The number of aliphatic hydroxyl groups excluding tert-OH is 2. The first-order valence-corrected chi connectivity index (χ1v) is 18.4. The van der Waals surface area contributed by atoms with Crippen LogP contribution < -0.4 is 0 Å². The van der Waals surface area contributed by atoms with Gasteiger partial charge >= 0.3 is 11.9 Å². The van der Waals surface area contributed by atoms with Crippen LogP contribution in [0, 0.1) is 74.9 Å². The molecule has 0 radical (unpaired) electrons. The first kappa shape index (κ1) is 32.0. The SMILES string of the molecule is CC(CCC(=O)OCC(=O)OC1(C)C2CC3CC(C2)CC1C3)C1CCC2C3C(N=O)CC4CC(O)CCC4(C)C3CC(O)C12C. The van der Waals surface area contributed by atoms with Crippen LogP contribution in [0.15, 0.2) is 5.18 Å². The lowest BCUT2D eigenvalue weighted by Gasteiger charge is -2.63. The lowest BCUT2D eigenvalue weighted by molar-refractivity contribution is -0.207. The lowest BCUT2D eigenvalue weighted by atomic mass is 9.42. The first-order chi connectivity index (χ1) is 21.4. The molecule has 8 aliphatic rings. The molecule has 0 amide bonds. The number of ether oxygens (including phenoxy) is 2. The Bertz CT molecular complexity index is 1150. The largest absolute Gasteiger partial charge is 0.456 e. The zero-order valence-corrected chi connectivity index (χ0v) is 28.0. The summed E-state index contributed by atoms with van der Waals surface area (Å²) in [6, 6.07) is -0.264. The van der Waals surface area contributed by atoms with Gasteiger partial charge in [-0.2, -0.15) is 4.91 Å². The Morgan fingerprint density at radius 2 is 1.53 bits per heavy atom. The van der Waals surface area contributed by atoms with Crippen molar-refractivity contribution in [3.8, 4) is 0 Å². The summed E-state index contributed by atoms with van der Waals surface area (Å²) < 4.78 is 11.5. The van der Waals surface area contributed by atoms with Crippen LogP contribution in [0.3, 0.4) is 0 Å². The quantitative estimate of drug-likeness (QED) is 0.235. The maximum absolute atomic E-state index is 12.9. The number of esters is 2. The van der Waals surface area contributed by atoms with Crippen LogP contribution >= 0.6 is 0 Å². The van der Waals surface area contributed by atoms with Crippen LogP contribution in [0.5, 0.6) is 0 Å². The van der Waals surface area contributed by atoms with Crippen LogP contribution in [0.25, 0.3) is 0 Å². The van der Waals surface area contributed by atoms with Crippen LogP contribution in [0.4, 0.5) is 0 Å². The van der Waals surface area contributed by atoms with Gasteiger partial charge in [-0.15, -0.1) is 0 Å². The van der Waals surface area contributed by atoms with E-state index in [4.69, 9.17) is 9.47 Å². The van der Waals surface area contributed by atoms with Gasteiger partial charge in [0.1, 0.15) is 5.60 Å². The van der Waals surface area contributed by atoms with Crippen molar-refractivity contribution >= 4 is 11.9 Å². The predicted molar refractivity (Wildman–Crippen MR) is 168 cm³/mol. The summed E-state index contributed by atoms with van der Waals surface area (Å²) in [5, 5.41) is 26.0. The molecule has 45 heavy (non-hydrogen) atoms. The highest BCUT2D eigenvalue weighted by Gasteiger charge is 2.66. The summed E-state index contributed by atoms with van der Waals surface area (Å²) in [7, 11) is 0. The van der Waals surface area contributed by atoms with Crippen molar-refractivity contribution in [2.24, 2.45) is 75.2 Å². The van der Waals surface area contributed by atoms with E-state index in [1.807, 2.05) is 0 Å². The number of carbonyl (C=O) groups excluding carboxylic acids is 2. The molecule has 8 saturated carbocycles. The minimum absolute atomic E-state index is 0.0234. The van der Waals surface area contributed by atoms with E-state index in [0.717, 1.165) is 76.0 Å². The molecule has 0 aromatic rings. The molecule has 8 heteroatoms. The Balaban J connectivity index is 0.943. The van der Waals surface area contributed by atoms with E-state index in [-0.39, 0.29) is 77.5 Å². The Kier molecular flexibility index (Phi) is 8.23. The average molecular weight is 628 g/mol. The lowest BCUT2D eigenvalue weighted by Crippen LogP contribution is -2.62. The van der Waals surface area contributed by atoms with Gasteiger partial charge in [0.05, 0.1) is 18.2 Å². The maximum atomic E-state index is 12.9. The number of carbonyl (C=O) groups is 2. The second-order valence-electron chi connectivity index (χ2n) is 17.8. The molecule has 0 heterocycles. The van der Waals surface area contributed by atoms with Crippen molar-refractivity contribution < 1.29 is 29.3 Å². The fourth-order valence-electron chi connectivity index (χ4n) is 13.6. The minimum Gasteiger partial charge on any atom is -0.456 e. The Hall–Kier alpha value is -1.54. The van der Waals surface area contributed by atoms with E-state index >= 15 is 0 Å². The third-order valence-electron chi connectivity index (χ3n) is 15.9. The Labute approximate surface area is 269 Å². The molecule has 8 fully saturated rings. The summed E-state index contributed by atoms with van der Waals surface area (Å²) >= 11 is 0. The van der Waals surface area contributed by atoms with Crippen molar-refractivity contribution in [3.63, 3.8) is 0 Å². The smallest absolute Gasteiger partial charge is 0.344 e. The van der Waals surface area contributed by atoms with Crippen LogP contribution in [-0.2, 0) is 19.1 Å².